The lowest BCUT2D eigenvalue weighted by Crippen LogP contribution is -2.40. The lowest BCUT2D eigenvalue weighted by Gasteiger charge is -2.25. The molecule has 0 radical (unpaired) electrons. The maximum Gasteiger partial charge on any atom is 0.338 e. The summed E-state index contributed by atoms with van der Waals surface area (Å²) in [5, 5.41) is 0. The molecule has 7 nitrogen and oxygen atoms in total. The number of allylic oxidation sites excluding steroid dienone is 2. The van der Waals surface area contributed by atoms with E-state index in [1.807, 2.05) is 105 Å². The van der Waals surface area contributed by atoms with Crippen molar-refractivity contribution in [1.29, 1.82) is 0 Å². The number of ether oxygens (including phenoxy) is 3. The van der Waals surface area contributed by atoms with E-state index in [0.717, 1.165) is 11.1 Å². The molecule has 43 heavy (non-hydrogen) atoms. The van der Waals surface area contributed by atoms with Gasteiger partial charge in [0.15, 0.2) is 16.3 Å². The van der Waals surface area contributed by atoms with E-state index >= 15 is 0 Å². The third-order valence-electron chi connectivity index (χ3n) is 6.87. The van der Waals surface area contributed by atoms with Crippen LogP contribution in [0.4, 0.5) is 0 Å². The van der Waals surface area contributed by atoms with Crippen molar-refractivity contribution in [3.63, 3.8) is 0 Å². The normalized spacial score (nSPS) is 15.0. The van der Waals surface area contributed by atoms with Gasteiger partial charge in [0.1, 0.15) is 6.61 Å². The van der Waals surface area contributed by atoms with E-state index in [9.17, 15) is 9.59 Å². The van der Waals surface area contributed by atoms with Crippen LogP contribution in [0.2, 0.25) is 0 Å². The summed E-state index contributed by atoms with van der Waals surface area (Å²) in [5.41, 5.74) is 3.32. The average Bonchev–Trinajstić information content (AvgIpc) is 3.33. The van der Waals surface area contributed by atoms with E-state index in [0.29, 0.717) is 44.3 Å². The topological polar surface area (TPSA) is 79.1 Å². The number of benzene rings is 3. The second-order valence-electron chi connectivity index (χ2n) is 10.6. The van der Waals surface area contributed by atoms with Gasteiger partial charge >= 0.3 is 5.97 Å². The molecule has 1 unspecified atom stereocenters. The molecule has 2 heterocycles. The molecule has 0 saturated heterocycles. The molecule has 220 valence electrons. The molecule has 3 aromatic carbocycles. The number of methoxy groups -OCH3 is 1. The van der Waals surface area contributed by atoms with E-state index in [1.54, 1.807) is 24.7 Å². The number of nitrogens with zero attached hydrogens (tertiary/aromatic N) is 2. The summed E-state index contributed by atoms with van der Waals surface area (Å²) in [7, 11) is 1.57. The Labute approximate surface area is 254 Å². The number of esters is 1. The summed E-state index contributed by atoms with van der Waals surface area (Å²) in [5.74, 6) is 0.702. The van der Waals surface area contributed by atoms with Crippen molar-refractivity contribution >= 4 is 29.5 Å². The van der Waals surface area contributed by atoms with Crippen molar-refractivity contribution < 1.29 is 19.0 Å². The van der Waals surface area contributed by atoms with Gasteiger partial charge in [0, 0.05) is 0 Å². The number of hydrogen-bond acceptors (Lipinski definition) is 7. The average molecular weight is 595 g/mol. The van der Waals surface area contributed by atoms with Crippen LogP contribution in [0.25, 0.3) is 12.2 Å². The molecule has 4 aromatic rings. The van der Waals surface area contributed by atoms with Crippen LogP contribution in [0.5, 0.6) is 11.5 Å². The van der Waals surface area contributed by atoms with Crippen molar-refractivity contribution in [2.45, 2.75) is 33.4 Å². The number of aromatic nitrogens is 1. The van der Waals surface area contributed by atoms with Gasteiger partial charge in [-0.3, -0.25) is 9.36 Å². The molecule has 0 spiro atoms. The second-order valence-corrected chi connectivity index (χ2v) is 11.6. The van der Waals surface area contributed by atoms with E-state index in [1.165, 1.54) is 11.3 Å². The molecule has 0 fully saturated rings. The van der Waals surface area contributed by atoms with Crippen LogP contribution >= 0.6 is 11.3 Å². The molecule has 1 aliphatic heterocycles. The minimum Gasteiger partial charge on any atom is -0.493 e. The smallest absolute Gasteiger partial charge is 0.338 e. The van der Waals surface area contributed by atoms with Crippen molar-refractivity contribution in [3.05, 3.63) is 133 Å². The first-order valence-electron chi connectivity index (χ1n) is 14.1. The maximum absolute atomic E-state index is 13.9. The lowest BCUT2D eigenvalue weighted by molar-refractivity contribution is -0.140. The molecule has 0 N–H and O–H groups in total. The first kappa shape index (κ1) is 29.8. The molecular formula is C35H34N2O5S. The largest absolute Gasteiger partial charge is 0.493 e. The van der Waals surface area contributed by atoms with Crippen LogP contribution in [-0.2, 0) is 16.1 Å². The molecular weight excluding hydrogens is 560 g/mol. The zero-order chi connectivity index (χ0) is 30.3. The number of hydrogen-bond donors (Lipinski definition) is 0. The summed E-state index contributed by atoms with van der Waals surface area (Å²) >= 11 is 1.28. The molecule has 0 aliphatic carbocycles. The fraction of sp³-hybridized carbons (Fsp3) is 0.229. The SMILES string of the molecule is COc1cc(C2C(C(=O)OCC(C)C)=C(C)N=c3sc(=CC=Cc4ccccc4)c(=O)n32)ccc1OCc1ccccc1. The van der Waals surface area contributed by atoms with E-state index in [4.69, 9.17) is 14.2 Å². The monoisotopic (exact) mass is 594 g/mol. The van der Waals surface area contributed by atoms with E-state index in [-0.39, 0.29) is 18.1 Å². The van der Waals surface area contributed by atoms with Crippen LogP contribution in [-0.4, -0.2) is 24.3 Å². The Morgan fingerprint density at radius 2 is 1.74 bits per heavy atom. The summed E-state index contributed by atoms with van der Waals surface area (Å²) in [6.07, 6.45) is 5.57. The van der Waals surface area contributed by atoms with Gasteiger partial charge in [-0.2, -0.15) is 0 Å². The fourth-order valence-electron chi connectivity index (χ4n) is 4.75. The lowest BCUT2D eigenvalue weighted by atomic mass is 9.95. The quantitative estimate of drug-likeness (QED) is 0.221. The zero-order valence-electron chi connectivity index (χ0n) is 24.7. The highest BCUT2D eigenvalue weighted by Gasteiger charge is 2.34. The first-order valence-corrected chi connectivity index (χ1v) is 14.9. The molecule has 0 bridgehead atoms. The second kappa shape index (κ2) is 13.5. The first-order chi connectivity index (χ1) is 20.9. The van der Waals surface area contributed by atoms with Gasteiger partial charge in [-0.15, -0.1) is 0 Å². The number of rotatable bonds is 10. The number of carbonyl (C=O) groups is 1. The Bertz CT molecular complexity index is 1840. The van der Waals surface area contributed by atoms with Crippen molar-refractivity contribution in [1.82, 2.24) is 4.57 Å². The fourth-order valence-corrected chi connectivity index (χ4v) is 5.75. The van der Waals surface area contributed by atoms with Crippen molar-refractivity contribution in [2.24, 2.45) is 10.9 Å². The third-order valence-corrected chi connectivity index (χ3v) is 7.87. The van der Waals surface area contributed by atoms with E-state index in [2.05, 4.69) is 4.99 Å². The molecule has 5 rings (SSSR count). The van der Waals surface area contributed by atoms with Crippen molar-refractivity contribution in [3.8, 4) is 11.5 Å². The van der Waals surface area contributed by atoms with Gasteiger partial charge in [-0.1, -0.05) is 104 Å². The molecule has 0 saturated carbocycles. The molecule has 0 amide bonds. The molecule has 1 atom stereocenters. The highest BCUT2D eigenvalue weighted by Crippen LogP contribution is 2.36. The van der Waals surface area contributed by atoms with Gasteiger partial charge in [0.05, 0.1) is 35.6 Å². The Morgan fingerprint density at radius 3 is 2.44 bits per heavy atom. The standard InChI is InChI=1S/C35H34N2O5S/c1-23(2)21-42-34(39)31-24(3)36-35-37(33(38)30(43-35)17-11-16-25-12-7-5-8-13-25)32(31)27-18-19-28(29(20-27)40-4)41-22-26-14-9-6-10-15-26/h5-20,23,32H,21-22H2,1-4H3. The highest BCUT2D eigenvalue weighted by molar-refractivity contribution is 7.07. The maximum atomic E-state index is 13.9. The third kappa shape index (κ3) is 6.87. The predicted molar refractivity (Wildman–Crippen MR) is 170 cm³/mol. The Morgan fingerprint density at radius 1 is 1.02 bits per heavy atom. The Hall–Kier alpha value is -4.69. The highest BCUT2D eigenvalue weighted by atomic mass is 32.1. The summed E-state index contributed by atoms with van der Waals surface area (Å²) in [4.78, 5) is 32.6. The van der Waals surface area contributed by atoms with Gasteiger partial charge in [0.25, 0.3) is 5.56 Å². The summed E-state index contributed by atoms with van der Waals surface area (Å²) < 4.78 is 19.5. The number of fused-ring (bicyclic) bond motifs is 1. The van der Waals surface area contributed by atoms with Crippen molar-refractivity contribution in [2.75, 3.05) is 13.7 Å². The molecule has 1 aromatic heterocycles. The molecule has 8 heteroatoms. The summed E-state index contributed by atoms with van der Waals surface area (Å²) in [6, 6.07) is 24.4. The van der Waals surface area contributed by atoms with Gasteiger partial charge < -0.3 is 14.2 Å². The minimum absolute atomic E-state index is 0.155. The van der Waals surface area contributed by atoms with Crippen LogP contribution < -0.4 is 24.4 Å². The number of thiazole rings is 1. The van der Waals surface area contributed by atoms with Crippen LogP contribution in [0, 0.1) is 5.92 Å². The van der Waals surface area contributed by atoms with Crippen LogP contribution in [0.1, 0.15) is 43.5 Å². The van der Waals surface area contributed by atoms with Gasteiger partial charge in [-0.25, -0.2) is 9.79 Å². The predicted octanol–water partition coefficient (Wildman–Crippen LogP) is 5.69. The van der Waals surface area contributed by atoms with Crippen LogP contribution in [0.3, 0.4) is 0 Å². The molecule has 1 aliphatic rings. The van der Waals surface area contributed by atoms with Gasteiger partial charge in [-0.05, 0) is 47.7 Å². The summed E-state index contributed by atoms with van der Waals surface area (Å²) in [6.45, 7) is 6.35. The van der Waals surface area contributed by atoms with E-state index < -0.39 is 12.0 Å². The Balaban J connectivity index is 1.57. The number of carbonyl (C=O) groups excluding carboxylic acids is 1. The van der Waals surface area contributed by atoms with Crippen LogP contribution in [0.15, 0.2) is 106 Å². The zero-order valence-corrected chi connectivity index (χ0v) is 25.5. The van der Waals surface area contributed by atoms with Gasteiger partial charge in [0.2, 0.25) is 0 Å². The minimum atomic E-state index is -0.756. The Kier molecular flexibility index (Phi) is 9.37.